The van der Waals surface area contributed by atoms with Crippen molar-refractivity contribution in [3.63, 3.8) is 0 Å². The number of carbonyl (C=O) groups is 1. The third-order valence-electron chi connectivity index (χ3n) is 4.13. The van der Waals surface area contributed by atoms with Crippen molar-refractivity contribution in [1.29, 1.82) is 10.5 Å². The third-order valence-corrected chi connectivity index (χ3v) is 4.13. The van der Waals surface area contributed by atoms with E-state index < -0.39 is 16.7 Å². The summed E-state index contributed by atoms with van der Waals surface area (Å²) in [6.45, 7) is 0. The van der Waals surface area contributed by atoms with Crippen LogP contribution in [0.3, 0.4) is 0 Å². The summed E-state index contributed by atoms with van der Waals surface area (Å²) in [4.78, 5) is 15.6. The molecule has 5 nitrogen and oxygen atoms in total. The van der Waals surface area contributed by atoms with Gasteiger partial charge < -0.3 is 5.73 Å². The molecule has 16 heavy (non-hydrogen) atoms. The molecule has 5 heteroatoms. The molecule has 1 amide bonds. The Balaban J connectivity index is 2.37. The molecular weight excluding hydrogens is 204 g/mol. The fourth-order valence-electron chi connectivity index (χ4n) is 3.38. The molecule has 3 rings (SSSR count). The molecule has 78 valence electrons. The average molecular weight is 212 g/mol. The first-order valence-corrected chi connectivity index (χ1v) is 5.03. The van der Waals surface area contributed by atoms with Gasteiger partial charge in [0.1, 0.15) is 11.3 Å². The van der Waals surface area contributed by atoms with Gasteiger partial charge in [-0.3, -0.25) is 4.79 Å². The molecule has 2 aliphatic carbocycles. The van der Waals surface area contributed by atoms with Crippen molar-refractivity contribution >= 4 is 11.7 Å². The zero-order chi connectivity index (χ0) is 11.6. The predicted molar refractivity (Wildman–Crippen MR) is 53.5 cm³/mol. The highest BCUT2D eigenvalue weighted by molar-refractivity contribution is 6.12. The summed E-state index contributed by atoms with van der Waals surface area (Å²) in [5, 5.41) is 18.7. The number of amidine groups is 1. The van der Waals surface area contributed by atoms with Crippen LogP contribution in [0.25, 0.3) is 0 Å². The Labute approximate surface area is 91.9 Å². The van der Waals surface area contributed by atoms with E-state index in [2.05, 4.69) is 11.1 Å². The number of fused-ring (bicyclic) bond motifs is 5. The minimum Gasteiger partial charge on any atom is -0.386 e. The number of rotatable bonds is 0. The smallest absolute Gasteiger partial charge is 0.270 e. The molecular formula is C11H8N4O. The summed E-state index contributed by atoms with van der Waals surface area (Å²) in [5.41, 5.74) is 3.13. The Bertz CT molecular complexity index is 549. The molecule has 0 radical (unpaired) electrons. The van der Waals surface area contributed by atoms with Gasteiger partial charge in [-0.25, -0.2) is 0 Å². The highest BCUT2D eigenvalue weighted by Gasteiger charge is 2.76. The van der Waals surface area contributed by atoms with E-state index in [-0.39, 0.29) is 17.7 Å². The number of aliphatic imine (C=N–C) groups is 1. The third kappa shape index (κ3) is 0.563. The normalized spacial score (nSPS) is 47.4. The molecule has 1 saturated carbocycles. The van der Waals surface area contributed by atoms with Gasteiger partial charge in [0.05, 0.1) is 12.1 Å². The number of carbonyl (C=O) groups excluding carboxylic acids is 1. The predicted octanol–water partition coefficient (Wildman–Crippen LogP) is 0.110. The maximum atomic E-state index is 11.9. The van der Waals surface area contributed by atoms with E-state index in [9.17, 15) is 15.3 Å². The topological polar surface area (TPSA) is 103 Å². The molecule has 4 atom stereocenters. The first-order chi connectivity index (χ1) is 7.63. The molecule has 2 N–H and O–H groups in total. The van der Waals surface area contributed by atoms with Crippen LogP contribution in [0.15, 0.2) is 17.1 Å². The second-order valence-electron chi connectivity index (χ2n) is 4.48. The quantitative estimate of drug-likeness (QED) is 0.575. The monoisotopic (exact) mass is 212 g/mol. The molecule has 0 aromatic rings. The number of hydrogen-bond donors (Lipinski definition) is 1. The number of amides is 1. The number of nitrogens with two attached hydrogens (primary N) is 1. The Hall–Kier alpha value is -2.14. The largest absolute Gasteiger partial charge is 0.386 e. The van der Waals surface area contributed by atoms with Crippen LogP contribution in [0.1, 0.15) is 6.42 Å². The Morgan fingerprint density at radius 1 is 1.31 bits per heavy atom. The van der Waals surface area contributed by atoms with E-state index in [1.165, 1.54) is 0 Å². The van der Waals surface area contributed by atoms with Crippen LogP contribution in [0.5, 0.6) is 0 Å². The molecule has 0 aromatic carbocycles. The van der Waals surface area contributed by atoms with Gasteiger partial charge >= 0.3 is 0 Å². The van der Waals surface area contributed by atoms with Crippen molar-refractivity contribution < 1.29 is 4.79 Å². The van der Waals surface area contributed by atoms with Crippen LogP contribution in [0, 0.1) is 45.3 Å². The van der Waals surface area contributed by atoms with Crippen molar-refractivity contribution in [1.82, 2.24) is 0 Å². The first-order valence-electron chi connectivity index (χ1n) is 5.03. The second kappa shape index (κ2) is 2.33. The van der Waals surface area contributed by atoms with Crippen molar-refractivity contribution in [2.75, 3.05) is 0 Å². The molecule has 1 heterocycles. The summed E-state index contributed by atoms with van der Waals surface area (Å²) in [5.74, 6) is -0.916. The zero-order valence-corrected chi connectivity index (χ0v) is 8.34. The number of nitriles is 2. The molecule has 0 aromatic heterocycles. The fourth-order valence-corrected chi connectivity index (χ4v) is 3.38. The Morgan fingerprint density at radius 3 is 2.38 bits per heavy atom. The van der Waals surface area contributed by atoms with Crippen LogP contribution >= 0.6 is 0 Å². The molecule has 1 fully saturated rings. The average Bonchev–Trinajstić information content (AvgIpc) is 2.89. The summed E-state index contributed by atoms with van der Waals surface area (Å²) < 4.78 is 0. The van der Waals surface area contributed by atoms with Crippen molar-refractivity contribution in [2.24, 2.45) is 33.4 Å². The van der Waals surface area contributed by atoms with E-state index in [4.69, 9.17) is 5.73 Å². The summed E-state index contributed by atoms with van der Waals surface area (Å²) >= 11 is 0. The standard InChI is InChI=1S/C11H8N4O/c12-4-10-6-1-2-7(3-6)11(10,5-13)9(16)15-8(10)14/h1-2,6-7H,3H2,(H2,14,15,16)/t6-,7-,10+,11-/m0/s1. The van der Waals surface area contributed by atoms with Gasteiger partial charge in [0.2, 0.25) is 0 Å². The zero-order valence-electron chi connectivity index (χ0n) is 8.34. The van der Waals surface area contributed by atoms with Crippen LogP contribution in [0.2, 0.25) is 0 Å². The van der Waals surface area contributed by atoms with Crippen molar-refractivity contribution in [3.05, 3.63) is 12.2 Å². The molecule has 1 aliphatic heterocycles. The van der Waals surface area contributed by atoms with Crippen molar-refractivity contribution in [3.8, 4) is 12.1 Å². The molecule has 0 spiro atoms. The maximum absolute atomic E-state index is 11.9. The van der Waals surface area contributed by atoms with Gasteiger partial charge in [0.15, 0.2) is 5.41 Å². The molecule has 2 bridgehead atoms. The second-order valence-corrected chi connectivity index (χ2v) is 4.48. The van der Waals surface area contributed by atoms with Gasteiger partial charge in [-0.05, 0) is 6.42 Å². The first kappa shape index (κ1) is 9.11. The Kier molecular flexibility index (Phi) is 1.33. The van der Waals surface area contributed by atoms with Gasteiger partial charge in [-0.1, -0.05) is 12.2 Å². The van der Waals surface area contributed by atoms with E-state index >= 15 is 0 Å². The van der Waals surface area contributed by atoms with Crippen LogP contribution in [-0.2, 0) is 4.79 Å². The van der Waals surface area contributed by atoms with Gasteiger partial charge in [-0.2, -0.15) is 15.5 Å². The van der Waals surface area contributed by atoms with Gasteiger partial charge in [-0.15, -0.1) is 0 Å². The van der Waals surface area contributed by atoms with E-state index in [1.54, 1.807) is 0 Å². The number of nitrogens with zero attached hydrogens (tertiary/aromatic N) is 3. The molecule has 0 unspecified atom stereocenters. The maximum Gasteiger partial charge on any atom is 0.270 e. The summed E-state index contributed by atoms with van der Waals surface area (Å²) in [6.07, 6.45) is 4.36. The lowest BCUT2D eigenvalue weighted by molar-refractivity contribution is -0.126. The van der Waals surface area contributed by atoms with E-state index in [1.807, 2.05) is 18.2 Å². The summed E-state index contributed by atoms with van der Waals surface area (Å²) in [6, 6.07) is 4.12. The lowest BCUT2D eigenvalue weighted by Gasteiger charge is -2.34. The van der Waals surface area contributed by atoms with Crippen LogP contribution in [-0.4, -0.2) is 11.7 Å². The fraction of sp³-hybridized carbons (Fsp3) is 0.455. The lowest BCUT2D eigenvalue weighted by Crippen LogP contribution is -2.50. The summed E-state index contributed by atoms with van der Waals surface area (Å²) in [7, 11) is 0. The lowest BCUT2D eigenvalue weighted by atomic mass is 9.60. The number of hydrogen-bond acceptors (Lipinski definition) is 4. The van der Waals surface area contributed by atoms with Gasteiger partial charge in [0.25, 0.3) is 5.91 Å². The van der Waals surface area contributed by atoms with Crippen LogP contribution < -0.4 is 5.73 Å². The van der Waals surface area contributed by atoms with Crippen LogP contribution in [0.4, 0.5) is 0 Å². The number of allylic oxidation sites excluding steroid dienone is 2. The van der Waals surface area contributed by atoms with Gasteiger partial charge in [0, 0.05) is 11.8 Å². The minimum absolute atomic E-state index is 0.0124. The molecule has 0 saturated heterocycles. The van der Waals surface area contributed by atoms with E-state index in [0.29, 0.717) is 6.42 Å². The highest BCUT2D eigenvalue weighted by atomic mass is 16.2. The minimum atomic E-state index is -1.37. The van der Waals surface area contributed by atoms with Crippen molar-refractivity contribution in [2.45, 2.75) is 6.42 Å². The molecule has 3 aliphatic rings. The SMILES string of the molecule is N#C[C@@]12C(N)=NC(=O)[C@]1(C#N)[C@H]1C=C[C@H]2C1. The Morgan fingerprint density at radius 2 is 1.88 bits per heavy atom. The highest BCUT2D eigenvalue weighted by Crippen LogP contribution is 2.66. The van der Waals surface area contributed by atoms with E-state index in [0.717, 1.165) is 0 Å².